The summed E-state index contributed by atoms with van der Waals surface area (Å²) in [5, 5.41) is 8.66. The maximum Gasteiger partial charge on any atom is 0.225 e. The lowest BCUT2D eigenvalue weighted by Crippen LogP contribution is -2.38. The molecule has 1 aliphatic rings. The van der Waals surface area contributed by atoms with Crippen LogP contribution in [0.3, 0.4) is 0 Å². The first-order chi connectivity index (χ1) is 8.24. The molecule has 0 saturated heterocycles. The Bertz CT molecular complexity index is 272. The summed E-state index contributed by atoms with van der Waals surface area (Å²) in [4.78, 5) is 14.4. The van der Waals surface area contributed by atoms with Crippen molar-refractivity contribution in [3.8, 4) is 6.07 Å². The normalized spacial score (nSPS) is 14.7. The van der Waals surface area contributed by atoms with Gasteiger partial charge in [0, 0.05) is 18.5 Å². The van der Waals surface area contributed by atoms with E-state index >= 15 is 0 Å². The fourth-order valence-electron chi connectivity index (χ4n) is 2.35. The number of hydrogen-bond donors (Lipinski definition) is 0. The molecule has 1 saturated carbocycles. The van der Waals surface area contributed by atoms with Crippen LogP contribution in [0.2, 0.25) is 0 Å². The zero-order valence-corrected chi connectivity index (χ0v) is 11.1. The van der Waals surface area contributed by atoms with E-state index in [0.29, 0.717) is 24.9 Å². The zero-order chi connectivity index (χ0) is 12.7. The third-order valence-corrected chi connectivity index (χ3v) is 3.36. The van der Waals surface area contributed by atoms with Crippen LogP contribution in [0.1, 0.15) is 58.8 Å². The summed E-state index contributed by atoms with van der Waals surface area (Å²) in [5.74, 6) is 0.482. The highest BCUT2D eigenvalue weighted by molar-refractivity contribution is 5.79. The Morgan fingerprint density at radius 2 is 1.94 bits per heavy atom. The first-order valence-corrected chi connectivity index (χ1v) is 6.92. The summed E-state index contributed by atoms with van der Waals surface area (Å²) in [6, 6.07) is 2.58. The van der Waals surface area contributed by atoms with Crippen LogP contribution in [0, 0.1) is 17.2 Å². The summed E-state index contributed by atoms with van der Waals surface area (Å²) in [7, 11) is 0. The Labute approximate surface area is 105 Å². The van der Waals surface area contributed by atoms with E-state index < -0.39 is 0 Å². The Hall–Kier alpha value is -1.04. The van der Waals surface area contributed by atoms with E-state index in [1.165, 1.54) is 0 Å². The minimum absolute atomic E-state index is 0.185. The van der Waals surface area contributed by atoms with Crippen molar-refractivity contribution < 1.29 is 4.79 Å². The van der Waals surface area contributed by atoms with Crippen LogP contribution in [0.15, 0.2) is 0 Å². The van der Waals surface area contributed by atoms with Crippen LogP contribution in [-0.2, 0) is 4.79 Å². The molecule has 0 unspecified atom stereocenters. The molecule has 0 bridgehead atoms. The molecule has 3 heteroatoms. The predicted octanol–water partition coefficient (Wildman–Crippen LogP) is 3.11. The van der Waals surface area contributed by atoms with E-state index in [1.807, 2.05) is 4.90 Å². The van der Waals surface area contributed by atoms with Crippen molar-refractivity contribution in [1.82, 2.24) is 4.90 Å². The van der Waals surface area contributed by atoms with E-state index in [9.17, 15) is 4.79 Å². The van der Waals surface area contributed by atoms with E-state index in [2.05, 4.69) is 19.9 Å². The molecule has 1 fully saturated rings. The van der Waals surface area contributed by atoms with E-state index in [1.54, 1.807) is 0 Å². The van der Waals surface area contributed by atoms with Gasteiger partial charge in [-0.2, -0.15) is 5.26 Å². The molecule has 0 aromatic carbocycles. The molecule has 0 aliphatic heterocycles. The molecule has 1 rings (SSSR count). The Morgan fingerprint density at radius 1 is 1.35 bits per heavy atom. The number of carbonyl (C=O) groups is 1. The first-order valence-electron chi connectivity index (χ1n) is 6.92. The van der Waals surface area contributed by atoms with Gasteiger partial charge in [-0.15, -0.1) is 0 Å². The van der Waals surface area contributed by atoms with Gasteiger partial charge in [0.2, 0.25) is 5.91 Å². The average molecular weight is 236 g/mol. The fraction of sp³-hybridized carbons (Fsp3) is 0.857. The number of nitrogens with zero attached hydrogens (tertiary/aromatic N) is 2. The largest absolute Gasteiger partial charge is 0.338 e. The molecule has 0 heterocycles. The Kier molecular flexibility index (Phi) is 6.04. The molecule has 17 heavy (non-hydrogen) atoms. The second-order valence-corrected chi connectivity index (χ2v) is 4.95. The highest BCUT2D eigenvalue weighted by Gasteiger charge is 2.34. The van der Waals surface area contributed by atoms with Crippen molar-refractivity contribution in [2.24, 2.45) is 5.92 Å². The van der Waals surface area contributed by atoms with Crippen molar-refractivity contribution in [2.45, 2.75) is 64.8 Å². The molecule has 0 N–H and O–H groups in total. The Morgan fingerprint density at radius 3 is 2.35 bits per heavy atom. The quantitative estimate of drug-likeness (QED) is 0.650. The zero-order valence-electron chi connectivity index (χ0n) is 11.1. The highest BCUT2D eigenvalue weighted by atomic mass is 16.2. The molecule has 96 valence electrons. The van der Waals surface area contributed by atoms with E-state index in [0.717, 1.165) is 38.5 Å². The number of rotatable bonds is 8. The van der Waals surface area contributed by atoms with Gasteiger partial charge >= 0.3 is 0 Å². The summed E-state index contributed by atoms with van der Waals surface area (Å²) < 4.78 is 0. The lowest BCUT2D eigenvalue weighted by molar-refractivity contribution is -0.136. The molecule has 0 atom stereocenters. The maximum absolute atomic E-state index is 12.4. The van der Waals surface area contributed by atoms with Crippen molar-refractivity contribution in [3.05, 3.63) is 0 Å². The molecule has 1 amide bonds. The molecule has 0 radical (unpaired) electrons. The van der Waals surface area contributed by atoms with Crippen LogP contribution < -0.4 is 0 Å². The SMILES string of the molecule is CCCC(CCC)C(=O)N(CCC#N)C1CC1. The van der Waals surface area contributed by atoms with Gasteiger partial charge in [-0.1, -0.05) is 26.7 Å². The summed E-state index contributed by atoms with van der Waals surface area (Å²) in [5.41, 5.74) is 0. The minimum atomic E-state index is 0.185. The van der Waals surface area contributed by atoms with Gasteiger partial charge < -0.3 is 4.90 Å². The predicted molar refractivity (Wildman–Crippen MR) is 68.3 cm³/mol. The summed E-state index contributed by atoms with van der Waals surface area (Å²) in [6.45, 7) is 4.89. The van der Waals surface area contributed by atoms with E-state index in [-0.39, 0.29) is 5.92 Å². The van der Waals surface area contributed by atoms with Crippen LogP contribution >= 0.6 is 0 Å². The maximum atomic E-state index is 12.4. The lowest BCUT2D eigenvalue weighted by Gasteiger charge is -2.26. The smallest absolute Gasteiger partial charge is 0.225 e. The summed E-state index contributed by atoms with van der Waals surface area (Å²) >= 11 is 0. The minimum Gasteiger partial charge on any atom is -0.338 e. The van der Waals surface area contributed by atoms with Gasteiger partial charge in [0.25, 0.3) is 0 Å². The van der Waals surface area contributed by atoms with Crippen LogP contribution in [0.4, 0.5) is 0 Å². The van der Waals surface area contributed by atoms with Gasteiger partial charge in [-0.05, 0) is 25.7 Å². The van der Waals surface area contributed by atoms with Crippen LogP contribution in [0.25, 0.3) is 0 Å². The van der Waals surface area contributed by atoms with Gasteiger partial charge in [0.1, 0.15) is 0 Å². The van der Waals surface area contributed by atoms with Crippen LogP contribution in [0.5, 0.6) is 0 Å². The van der Waals surface area contributed by atoms with Gasteiger partial charge in [0.15, 0.2) is 0 Å². The summed E-state index contributed by atoms with van der Waals surface area (Å²) in [6.07, 6.45) is 6.82. The lowest BCUT2D eigenvalue weighted by atomic mass is 9.96. The first kappa shape index (κ1) is 14.0. The number of hydrogen-bond acceptors (Lipinski definition) is 2. The third-order valence-electron chi connectivity index (χ3n) is 3.36. The van der Waals surface area contributed by atoms with E-state index in [4.69, 9.17) is 5.26 Å². The molecular weight excluding hydrogens is 212 g/mol. The molecular formula is C14H24N2O. The molecule has 0 spiro atoms. The third kappa shape index (κ3) is 4.38. The topological polar surface area (TPSA) is 44.1 Å². The van der Waals surface area contributed by atoms with Gasteiger partial charge in [0.05, 0.1) is 12.5 Å². The second-order valence-electron chi connectivity index (χ2n) is 4.95. The molecule has 1 aliphatic carbocycles. The monoisotopic (exact) mass is 236 g/mol. The second kappa shape index (κ2) is 7.32. The van der Waals surface area contributed by atoms with Crippen LogP contribution in [-0.4, -0.2) is 23.4 Å². The van der Waals surface area contributed by atoms with Gasteiger partial charge in [-0.3, -0.25) is 4.79 Å². The molecule has 3 nitrogen and oxygen atoms in total. The van der Waals surface area contributed by atoms with Crippen molar-refractivity contribution in [2.75, 3.05) is 6.54 Å². The molecule has 0 aromatic heterocycles. The number of carbonyl (C=O) groups excluding carboxylic acids is 1. The average Bonchev–Trinajstić information content (AvgIpc) is 3.13. The van der Waals surface area contributed by atoms with Crippen molar-refractivity contribution in [1.29, 1.82) is 5.26 Å². The fourth-order valence-corrected chi connectivity index (χ4v) is 2.35. The van der Waals surface area contributed by atoms with Crippen molar-refractivity contribution in [3.63, 3.8) is 0 Å². The number of amides is 1. The van der Waals surface area contributed by atoms with Gasteiger partial charge in [-0.25, -0.2) is 0 Å². The Balaban J connectivity index is 2.57. The van der Waals surface area contributed by atoms with Crippen molar-refractivity contribution >= 4 is 5.91 Å². The molecule has 0 aromatic rings. The highest BCUT2D eigenvalue weighted by Crippen LogP contribution is 2.30. The number of nitriles is 1. The standard InChI is InChI=1S/C14H24N2O/c1-3-6-12(7-4-2)14(17)16(11-5-10-15)13-8-9-13/h12-13H,3-9,11H2,1-2H3.